The van der Waals surface area contributed by atoms with Crippen molar-refractivity contribution in [3.63, 3.8) is 0 Å². The molecule has 0 aromatic heterocycles. The van der Waals surface area contributed by atoms with Gasteiger partial charge in [0, 0.05) is 12.5 Å². The molecule has 0 spiro atoms. The molecule has 1 amide bonds. The maximum atomic E-state index is 12.9. The molecule has 5 aliphatic rings. The second-order valence-electron chi connectivity index (χ2n) is 13.1. The van der Waals surface area contributed by atoms with Gasteiger partial charge in [-0.3, -0.25) is 4.79 Å². The summed E-state index contributed by atoms with van der Waals surface area (Å²) >= 11 is 0. The zero-order valence-corrected chi connectivity index (χ0v) is 24.2. The quantitative estimate of drug-likeness (QED) is 0.293. The maximum absolute atomic E-state index is 12.9. The van der Waals surface area contributed by atoms with E-state index < -0.39 is 12.1 Å². The summed E-state index contributed by atoms with van der Waals surface area (Å²) in [5.74, 6) is 2.51. The van der Waals surface area contributed by atoms with Gasteiger partial charge in [0.15, 0.2) is 0 Å². The topological polar surface area (TPSA) is 58.6 Å². The number of unbranched alkanes of at least 4 members (excludes halogenated alkanes) is 1. The molecule has 4 nitrogen and oxygen atoms in total. The van der Waals surface area contributed by atoms with Crippen molar-refractivity contribution in [2.75, 3.05) is 13.2 Å². The third-order valence-electron chi connectivity index (χ3n) is 10.3. The lowest BCUT2D eigenvalue weighted by Crippen LogP contribution is -2.40. The van der Waals surface area contributed by atoms with E-state index >= 15 is 0 Å². The predicted molar refractivity (Wildman–Crippen MR) is 157 cm³/mol. The first-order valence-electron chi connectivity index (χ1n) is 15.9. The first-order valence-corrected chi connectivity index (χ1v) is 15.9. The molecule has 0 heterocycles. The van der Waals surface area contributed by atoms with Crippen molar-refractivity contribution in [2.24, 2.45) is 35.5 Å². The number of phenolic OH excluding ortho intramolecular Hbond substituents is 1. The summed E-state index contributed by atoms with van der Waals surface area (Å²) in [6.45, 7) is 1.04. The molecule has 7 heteroatoms. The molecular formula is C35H42F3NO3. The van der Waals surface area contributed by atoms with E-state index in [0.717, 1.165) is 30.4 Å². The number of aromatic hydroxyl groups is 1. The number of hydrogen-bond donors (Lipinski definition) is 2. The highest BCUT2D eigenvalue weighted by Gasteiger charge is 2.46. The molecule has 0 saturated heterocycles. The predicted octanol–water partition coefficient (Wildman–Crippen LogP) is 8.29. The number of allylic oxidation sites excluding steroid dienone is 1. The van der Waals surface area contributed by atoms with E-state index in [1.54, 1.807) is 17.7 Å². The van der Waals surface area contributed by atoms with Gasteiger partial charge in [0.2, 0.25) is 5.91 Å². The number of amides is 1. The number of carbonyl (C=O) groups is 1. The minimum Gasteiger partial charge on any atom is -0.508 e. The zero-order valence-electron chi connectivity index (χ0n) is 24.2. The smallest absolute Gasteiger partial charge is 0.391 e. The summed E-state index contributed by atoms with van der Waals surface area (Å²) < 4.78 is 44.6. The van der Waals surface area contributed by atoms with Crippen molar-refractivity contribution in [1.29, 1.82) is 0 Å². The Balaban J connectivity index is 1.01. The number of phenols is 1. The fraction of sp³-hybridized carbons (Fsp3) is 0.571. The van der Waals surface area contributed by atoms with Crippen LogP contribution < -0.4 is 10.1 Å². The van der Waals surface area contributed by atoms with E-state index in [4.69, 9.17) is 4.74 Å². The van der Waals surface area contributed by atoms with Gasteiger partial charge in [0.05, 0.1) is 12.5 Å². The van der Waals surface area contributed by atoms with E-state index in [0.29, 0.717) is 37.8 Å². The molecule has 42 heavy (non-hydrogen) atoms. The molecule has 226 valence electrons. The Morgan fingerprint density at radius 1 is 0.810 bits per heavy atom. The van der Waals surface area contributed by atoms with Gasteiger partial charge in [0.25, 0.3) is 0 Å². The second kappa shape index (κ2) is 12.3. The Morgan fingerprint density at radius 2 is 1.38 bits per heavy atom. The normalized spacial score (nSPS) is 28.5. The van der Waals surface area contributed by atoms with E-state index in [9.17, 15) is 23.1 Å². The molecule has 7 rings (SSSR count). The third kappa shape index (κ3) is 6.50. The molecule has 2 aromatic carbocycles. The van der Waals surface area contributed by atoms with E-state index in [-0.39, 0.29) is 30.4 Å². The molecule has 2 N–H and O–H groups in total. The maximum Gasteiger partial charge on any atom is 0.391 e. The van der Waals surface area contributed by atoms with Gasteiger partial charge in [-0.2, -0.15) is 13.2 Å². The first kappa shape index (κ1) is 29.1. The Bertz CT molecular complexity index is 1230. The number of carbonyl (C=O) groups excluding carboxylic acids is 1. The summed E-state index contributed by atoms with van der Waals surface area (Å²) in [6, 6.07) is 16.0. The van der Waals surface area contributed by atoms with E-state index in [2.05, 4.69) is 17.4 Å². The molecule has 0 unspecified atom stereocenters. The molecule has 0 atom stereocenters. The minimum absolute atomic E-state index is 0.0455. The van der Waals surface area contributed by atoms with Crippen molar-refractivity contribution < 1.29 is 27.8 Å². The van der Waals surface area contributed by atoms with E-state index in [1.165, 1.54) is 48.8 Å². The molecule has 0 radical (unpaired) electrons. The number of hydrogen-bond acceptors (Lipinski definition) is 3. The van der Waals surface area contributed by atoms with Crippen LogP contribution in [0.15, 0.2) is 54.1 Å². The largest absolute Gasteiger partial charge is 0.508 e. The number of alkyl halides is 3. The SMILES string of the molecule is O=C(NCCCCOc1ccc(C(=C2C3CC4CC(C3)CC2C4)c2ccc(O)cc2)cc1)C1CCC(C(F)(F)F)CC1. The van der Waals surface area contributed by atoms with Crippen LogP contribution in [-0.4, -0.2) is 30.3 Å². The number of rotatable bonds is 9. The Hall–Kier alpha value is -2.96. The summed E-state index contributed by atoms with van der Waals surface area (Å²) in [5, 5.41) is 12.8. The van der Waals surface area contributed by atoms with Gasteiger partial charge in [-0.25, -0.2) is 0 Å². The van der Waals surface area contributed by atoms with Crippen LogP contribution in [0.2, 0.25) is 0 Å². The molecule has 5 aliphatic carbocycles. The lowest BCUT2D eigenvalue weighted by molar-refractivity contribution is -0.184. The van der Waals surface area contributed by atoms with Crippen LogP contribution in [0.25, 0.3) is 5.57 Å². The first-order chi connectivity index (χ1) is 20.2. The van der Waals surface area contributed by atoms with Crippen LogP contribution in [0, 0.1) is 35.5 Å². The van der Waals surface area contributed by atoms with Gasteiger partial charge >= 0.3 is 6.18 Å². The number of halogens is 3. The third-order valence-corrected chi connectivity index (χ3v) is 10.3. The highest BCUT2D eigenvalue weighted by atomic mass is 19.4. The number of benzene rings is 2. The highest BCUT2D eigenvalue weighted by molar-refractivity contribution is 5.83. The second-order valence-corrected chi connectivity index (χ2v) is 13.1. The zero-order chi connectivity index (χ0) is 29.3. The summed E-state index contributed by atoms with van der Waals surface area (Å²) in [5.41, 5.74) is 5.32. The Morgan fingerprint density at radius 3 is 1.95 bits per heavy atom. The molecule has 2 aromatic rings. The van der Waals surface area contributed by atoms with Gasteiger partial charge in [-0.05, 0) is 135 Å². The minimum atomic E-state index is -4.15. The number of nitrogens with one attached hydrogen (secondary N) is 1. The van der Waals surface area contributed by atoms with Crippen molar-refractivity contribution in [2.45, 2.75) is 76.8 Å². The average molecular weight is 582 g/mol. The molecule has 4 bridgehead atoms. The van der Waals surface area contributed by atoms with Crippen LogP contribution in [0.1, 0.15) is 81.8 Å². The van der Waals surface area contributed by atoms with Crippen LogP contribution in [0.3, 0.4) is 0 Å². The van der Waals surface area contributed by atoms with Crippen LogP contribution in [0.5, 0.6) is 11.5 Å². The highest BCUT2D eigenvalue weighted by Crippen LogP contribution is 2.58. The monoisotopic (exact) mass is 581 g/mol. The Kier molecular flexibility index (Phi) is 8.56. The van der Waals surface area contributed by atoms with Crippen LogP contribution in [0.4, 0.5) is 13.2 Å². The average Bonchev–Trinajstić information content (AvgIpc) is 2.97. The van der Waals surface area contributed by atoms with Crippen molar-refractivity contribution >= 4 is 11.5 Å². The standard InChI is InChI=1S/C35H42F3NO3/c36-35(37,38)29-9-3-26(4-10-29)34(41)39-15-1-2-16-42-31-13-7-25(8-14-31)32(24-5-11-30(40)12-6-24)33-27-18-22-17-23(20-27)21-28(33)19-22/h5-8,11-14,22-23,26-29,40H,1-4,9-10,15-21H2,(H,39,41). The van der Waals surface area contributed by atoms with Gasteiger partial charge < -0.3 is 15.2 Å². The lowest BCUT2D eigenvalue weighted by atomic mass is 9.53. The van der Waals surface area contributed by atoms with Gasteiger partial charge in [-0.15, -0.1) is 0 Å². The fourth-order valence-corrected chi connectivity index (χ4v) is 8.40. The molecule has 5 saturated carbocycles. The summed E-state index contributed by atoms with van der Waals surface area (Å²) in [6.07, 6.45) is 4.74. The summed E-state index contributed by atoms with van der Waals surface area (Å²) in [4.78, 5) is 12.4. The number of ether oxygens (including phenoxy) is 1. The van der Waals surface area contributed by atoms with Gasteiger partial charge in [0.1, 0.15) is 11.5 Å². The van der Waals surface area contributed by atoms with E-state index in [1.807, 2.05) is 24.3 Å². The van der Waals surface area contributed by atoms with Crippen LogP contribution in [-0.2, 0) is 4.79 Å². The van der Waals surface area contributed by atoms with Gasteiger partial charge in [-0.1, -0.05) is 29.8 Å². The van der Waals surface area contributed by atoms with Crippen molar-refractivity contribution in [3.8, 4) is 11.5 Å². The van der Waals surface area contributed by atoms with Crippen molar-refractivity contribution in [3.05, 3.63) is 65.2 Å². The molecule has 5 fully saturated rings. The Labute approximate surface area is 246 Å². The van der Waals surface area contributed by atoms with Crippen molar-refractivity contribution in [1.82, 2.24) is 5.32 Å². The molecule has 0 aliphatic heterocycles. The fourth-order valence-electron chi connectivity index (χ4n) is 8.40. The summed E-state index contributed by atoms with van der Waals surface area (Å²) in [7, 11) is 0. The molecular weight excluding hydrogens is 539 g/mol. The lowest BCUT2D eigenvalue weighted by Gasteiger charge is -2.52. The van der Waals surface area contributed by atoms with Crippen LogP contribution >= 0.6 is 0 Å².